The quantitative estimate of drug-likeness (QED) is 0.806. The van der Waals surface area contributed by atoms with Gasteiger partial charge in [0.05, 0.1) is 6.04 Å². The molecular weight excluding hydrogens is 351 g/mol. The average molecular weight is 373 g/mol. The van der Waals surface area contributed by atoms with Crippen LogP contribution in [0.5, 0.6) is 0 Å². The van der Waals surface area contributed by atoms with Crippen molar-refractivity contribution in [2.75, 3.05) is 13.1 Å². The Hall–Kier alpha value is -1.91. The zero-order valence-electron chi connectivity index (χ0n) is 14.6. The molecule has 2 aromatic carbocycles. The van der Waals surface area contributed by atoms with Crippen molar-refractivity contribution in [3.8, 4) is 0 Å². The Morgan fingerprint density at radius 1 is 1.08 bits per heavy atom. The molecule has 0 N–H and O–H groups in total. The van der Waals surface area contributed by atoms with E-state index in [1.165, 1.54) is 12.1 Å². The van der Waals surface area contributed by atoms with E-state index in [0.29, 0.717) is 12.5 Å². The van der Waals surface area contributed by atoms with Crippen LogP contribution in [-0.4, -0.2) is 34.8 Å². The number of carbonyl (C=O) groups is 1. The molecule has 26 heavy (non-hydrogen) atoms. The van der Waals surface area contributed by atoms with Gasteiger partial charge in [-0.05, 0) is 60.7 Å². The zero-order chi connectivity index (χ0) is 18.1. The minimum atomic E-state index is -0.255. The number of fused-ring (bicyclic) bond motifs is 2. The molecule has 2 atom stereocenters. The number of halogens is 2. The summed E-state index contributed by atoms with van der Waals surface area (Å²) in [6.45, 7) is 2.92. The number of rotatable bonds is 4. The highest BCUT2D eigenvalue weighted by atomic mass is 35.5. The van der Waals surface area contributed by atoms with E-state index >= 15 is 0 Å². The molecule has 1 amide bonds. The van der Waals surface area contributed by atoms with Crippen LogP contribution in [0.2, 0.25) is 5.02 Å². The van der Waals surface area contributed by atoms with Gasteiger partial charge in [-0.2, -0.15) is 0 Å². The molecule has 2 heterocycles. The first kappa shape index (κ1) is 17.5. The van der Waals surface area contributed by atoms with Crippen LogP contribution in [0.25, 0.3) is 0 Å². The molecule has 2 fully saturated rings. The molecule has 2 bridgehead atoms. The molecule has 2 aliphatic heterocycles. The predicted octanol–water partition coefficient (Wildman–Crippen LogP) is 4.10. The summed E-state index contributed by atoms with van der Waals surface area (Å²) >= 11 is 6.10. The van der Waals surface area contributed by atoms with E-state index in [9.17, 15) is 9.18 Å². The van der Waals surface area contributed by atoms with Crippen molar-refractivity contribution in [3.05, 3.63) is 70.5 Å². The summed E-state index contributed by atoms with van der Waals surface area (Å²) in [5.74, 6) is 0.434. The fourth-order valence-electron chi connectivity index (χ4n) is 4.18. The Bertz CT molecular complexity index is 812. The maximum atomic E-state index is 13.5. The molecule has 2 aromatic rings. The second-order valence-corrected chi connectivity index (χ2v) is 7.79. The first-order valence-electron chi connectivity index (χ1n) is 9.10. The summed E-state index contributed by atoms with van der Waals surface area (Å²) in [6.07, 6.45) is 2.00. The van der Waals surface area contributed by atoms with Crippen LogP contribution in [0.15, 0.2) is 48.5 Å². The van der Waals surface area contributed by atoms with Crippen molar-refractivity contribution in [2.45, 2.75) is 32.0 Å². The van der Waals surface area contributed by atoms with Crippen LogP contribution in [0, 0.1) is 11.7 Å². The number of hydrogen-bond acceptors (Lipinski definition) is 2. The van der Waals surface area contributed by atoms with Gasteiger partial charge in [-0.15, -0.1) is 0 Å². The fourth-order valence-corrected chi connectivity index (χ4v) is 4.39. The molecule has 0 spiro atoms. The molecule has 2 aliphatic rings. The molecule has 0 aromatic heterocycles. The lowest BCUT2D eigenvalue weighted by Crippen LogP contribution is -2.58. The van der Waals surface area contributed by atoms with Crippen molar-refractivity contribution >= 4 is 17.5 Å². The van der Waals surface area contributed by atoms with Crippen molar-refractivity contribution in [3.63, 3.8) is 0 Å². The molecule has 0 unspecified atom stereocenters. The number of hydrogen-bond donors (Lipinski definition) is 0. The molecule has 0 saturated carbocycles. The number of piperidine rings is 2. The Morgan fingerprint density at radius 2 is 1.85 bits per heavy atom. The van der Waals surface area contributed by atoms with Gasteiger partial charge in [0.15, 0.2) is 0 Å². The summed E-state index contributed by atoms with van der Waals surface area (Å²) < 4.78 is 13.5. The van der Waals surface area contributed by atoms with Gasteiger partial charge >= 0.3 is 0 Å². The molecule has 3 nitrogen and oxygen atoms in total. The maximum absolute atomic E-state index is 13.5. The largest absolute Gasteiger partial charge is 0.337 e. The van der Waals surface area contributed by atoms with Gasteiger partial charge in [0.25, 0.3) is 0 Å². The van der Waals surface area contributed by atoms with Gasteiger partial charge in [-0.1, -0.05) is 35.9 Å². The van der Waals surface area contributed by atoms with E-state index in [2.05, 4.69) is 11.0 Å². The molecule has 0 radical (unpaired) electrons. The first-order valence-corrected chi connectivity index (χ1v) is 9.48. The third kappa shape index (κ3) is 3.76. The zero-order valence-corrected chi connectivity index (χ0v) is 15.3. The molecule has 0 aliphatic carbocycles. The normalized spacial score (nSPS) is 23.3. The van der Waals surface area contributed by atoms with Crippen LogP contribution < -0.4 is 0 Å². The molecule has 5 heteroatoms. The van der Waals surface area contributed by atoms with Crippen LogP contribution in [-0.2, 0) is 17.9 Å². The number of likely N-dealkylation sites (tertiary alicyclic amines) is 2. The first-order chi connectivity index (χ1) is 12.6. The lowest BCUT2D eigenvalue weighted by molar-refractivity contribution is -0.146. The lowest BCUT2D eigenvalue weighted by atomic mass is 9.85. The highest BCUT2D eigenvalue weighted by molar-refractivity contribution is 6.30. The SMILES string of the molecule is O=C1[C@H]2C[C@H](CCN2Cc2cccc(Cl)c2)CN1Cc1cccc(F)c1. The highest BCUT2D eigenvalue weighted by Crippen LogP contribution is 2.32. The number of nitrogens with zero attached hydrogens (tertiary/aromatic N) is 2. The lowest BCUT2D eigenvalue weighted by Gasteiger charge is -2.46. The summed E-state index contributed by atoms with van der Waals surface area (Å²) in [4.78, 5) is 17.2. The Labute approximate surface area is 158 Å². The Morgan fingerprint density at radius 3 is 2.62 bits per heavy atom. The molecule has 136 valence electrons. The summed E-state index contributed by atoms with van der Waals surface area (Å²) in [5, 5.41) is 0.722. The van der Waals surface area contributed by atoms with Gasteiger partial charge in [0.1, 0.15) is 5.82 Å². The minimum Gasteiger partial charge on any atom is -0.337 e. The van der Waals surface area contributed by atoms with Gasteiger partial charge < -0.3 is 4.90 Å². The van der Waals surface area contributed by atoms with Gasteiger partial charge in [-0.3, -0.25) is 9.69 Å². The third-order valence-corrected chi connectivity index (χ3v) is 5.67. The van der Waals surface area contributed by atoms with Crippen molar-refractivity contribution in [2.24, 2.45) is 5.92 Å². The minimum absolute atomic E-state index is 0.0879. The number of carbonyl (C=O) groups excluding carboxylic acids is 1. The van der Waals surface area contributed by atoms with Crippen molar-refractivity contribution < 1.29 is 9.18 Å². The number of benzene rings is 2. The topological polar surface area (TPSA) is 23.6 Å². The average Bonchev–Trinajstić information content (AvgIpc) is 2.61. The summed E-state index contributed by atoms with van der Waals surface area (Å²) in [5.41, 5.74) is 1.98. The van der Waals surface area contributed by atoms with E-state index in [-0.39, 0.29) is 17.8 Å². The third-order valence-electron chi connectivity index (χ3n) is 5.43. The molecular formula is C21H22ClFN2O. The second-order valence-electron chi connectivity index (χ2n) is 7.36. The summed E-state index contributed by atoms with van der Waals surface area (Å²) in [6, 6.07) is 14.3. The Kier molecular flexibility index (Phi) is 4.96. The smallest absolute Gasteiger partial charge is 0.240 e. The van der Waals surface area contributed by atoms with Gasteiger partial charge in [-0.25, -0.2) is 4.39 Å². The predicted molar refractivity (Wildman–Crippen MR) is 100 cm³/mol. The molecule has 4 rings (SSSR count). The molecule has 2 saturated heterocycles. The standard InChI is InChI=1S/C21H22ClFN2O/c22-18-5-1-3-15(9-18)12-24-8-7-17-11-20(24)21(26)25(14-17)13-16-4-2-6-19(23)10-16/h1-6,9-10,17,20H,7-8,11-14H2/t17-,20+/m0/s1. The maximum Gasteiger partial charge on any atom is 0.240 e. The fraction of sp³-hybridized carbons (Fsp3) is 0.381. The highest BCUT2D eigenvalue weighted by Gasteiger charge is 2.41. The van der Waals surface area contributed by atoms with E-state index in [1.807, 2.05) is 29.2 Å². The Balaban J connectivity index is 1.49. The van der Waals surface area contributed by atoms with E-state index in [0.717, 1.165) is 48.6 Å². The van der Waals surface area contributed by atoms with Crippen LogP contribution in [0.4, 0.5) is 4.39 Å². The number of amides is 1. The van der Waals surface area contributed by atoms with Gasteiger partial charge in [0, 0.05) is 24.7 Å². The second kappa shape index (κ2) is 7.37. The van der Waals surface area contributed by atoms with Crippen LogP contribution in [0.1, 0.15) is 24.0 Å². The van der Waals surface area contributed by atoms with Crippen molar-refractivity contribution in [1.29, 1.82) is 0 Å². The van der Waals surface area contributed by atoms with E-state index in [1.54, 1.807) is 6.07 Å². The van der Waals surface area contributed by atoms with Crippen LogP contribution >= 0.6 is 11.6 Å². The van der Waals surface area contributed by atoms with E-state index in [4.69, 9.17) is 11.6 Å². The van der Waals surface area contributed by atoms with Gasteiger partial charge in [0.2, 0.25) is 5.91 Å². The van der Waals surface area contributed by atoms with Crippen molar-refractivity contribution in [1.82, 2.24) is 9.80 Å². The monoisotopic (exact) mass is 372 g/mol. The van der Waals surface area contributed by atoms with Crippen LogP contribution in [0.3, 0.4) is 0 Å². The summed E-state index contributed by atoms with van der Waals surface area (Å²) in [7, 11) is 0. The van der Waals surface area contributed by atoms with E-state index < -0.39 is 0 Å².